The Bertz CT molecular complexity index is 450. The number of hydrogen-bond acceptors (Lipinski definition) is 5. The second kappa shape index (κ2) is 8.44. The summed E-state index contributed by atoms with van der Waals surface area (Å²) in [7, 11) is 0. The van der Waals surface area contributed by atoms with Gasteiger partial charge in [0.1, 0.15) is 5.82 Å². The van der Waals surface area contributed by atoms with Crippen LogP contribution in [0.2, 0.25) is 0 Å². The number of carboxylic acid groups (broad SMARTS) is 1. The van der Waals surface area contributed by atoms with Crippen LogP contribution in [0.4, 0.5) is 5.82 Å². The SMILES string of the molecule is CCCOc1cncc(NCCC(C)(C)CCC(=O)O)n1. The maximum atomic E-state index is 10.6. The lowest BCUT2D eigenvalue weighted by Crippen LogP contribution is -2.18. The zero-order valence-corrected chi connectivity index (χ0v) is 13.1. The molecule has 0 aliphatic heterocycles. The summed E-state index contributed by atoms with van der Waals surface area (Å²) in [6.45, 7) is 7.53. The molecule has 0 fully saturated rings. The van der Waals surface area contributed by atoms with Crippen LogP contribution in [-0.4, -0.2) is 34.2 Å². The number of aliphatic carboxylic acids is 1. The average molecular weight is 295 g/mol. The van der Waals surface area contributed by atoms with Crippen molar-refractivity contribution in [2.45, 2.75) is 46.5 Å². The second-order valence-electron chi connectivity index (χ2n) is 5.83. The lowest BCUT2D eigenvalue weighted by molar-refractivity contribution is -0.137. The minimum absolute atomic E-state index is 0.0187. The number of carboxylic acids is 1. The van der Waals surface area contributed by atoms with Crippen molar-refractivity contribution < 1.29 is 14.6 Å². The predicted octanol–water partition coefficient (Wildman–Crippen LogP) is 2.96. The van der Waals surface area contributed by atoms with Gasteiger partial charge in [-0.3, -0.25) is 9.78 Å². The first-order chi connectivity index (χ1) is 9.93. The Morgan fingerprint density at radius 2 is 2.14 bits per heavy atom. The molecule has 1 rings (SSSR count). The van der Waals surface area contributed by atoms with Crippen molar-refractivity contribution in [2.75, 3.05) is 18.5 Å². The maximum absolute atomic E-state index is 10.6. The van der Waals surface area contributed by atoms with E-state index in [0.717, 1.165) is 19.4 Å². The van der Waals surface area contributed by atoms with Gasteiger partial charge < -0.3 is 15.2 Å². The van der Waals surface area contributed by atoms with Crippen molar-refractivity contribution in [1.82, 2.24) is 9.97 Å². The molecule has 0 saturated carbocycles. The van der Waals surface area contributed by atoms with Gasteiger partial charge in [-0.15, -0.1) is 0 Å². The maximum Gasteiger partial charge on any atom is 0.303 e. The zero-order valence-electron chi connectivity index (χ0n) is 13.1. The fourth-order valence-electron chi connectivity index (χ4n) is 1.81. The van der Waals surface area contributed by atoms with Gasteiger partial charge in [0.15, 0.2) is 0 Å². The Kier molecular flexibility index (Phi) is 6.91. The molecule has 0 radical (unpaired) electrons. The monoisotopic (exact) mass is 295 g/mol. The molecule has 2 N–H and O–H groups in total. The summed E-state index contributed by atoms with van der Waals surface area (Å²) in [6, 6.07) is 0. The number of nitrogens with zero attached hydrogens (tertiary/aromatic N) is 2. The summed E-state index contributed by atoms with van der Waals surface area (Å²) in [4.78, 5) is 19.0. The first-order valence-electron chi connectivity index (χ1n) is 7.33. The van der Waals surface area contributed by atoms with E-state index in [0.29, 0.717) is 24.7 Å². The normalized spacial score (nSPS) is 11.2. The van der Waals surface area contributed by atoms with Crippen LogP contribution in [0, 0.1) is 5.41 Å². The first kappa shape index (κ1) is 17.2. The highest BCUT2D eigenvalue weighted by molar-refractivity contribution is 5.66. The second-order valence-corrected chi connectivity index (χ2v) is 5.83. The summed E-state index contributed by atoms with van der Waals surface area (Å²) < 4.78 is 5.43. The molecule has 6 nitrogen and oxygen atoms in total. The van der Waals surface area contributed by atoms with E-state index in [9.17, 15) is 4.79 Å². The molecule has 1 aromatic heterocycles. The van der Waals surface area contributed by atoms with E-state index >= 15 is 0 Å². The fraction of sp³-hybridized carbons (Fsp3) is 0.667. The van der Waals surface area contributed by atoms with Gasteiger partial charge in [0.05, 0.1) is 19.0 Å². The van der Waals surface area contributed by atoms with Crippen molar-refractivity contribution in [2.24, 2.45) is 5.41 Å². The van der Waals surface area contributed by atoms with Gasteiger partial charge in [-0.2, -0.15) is 4.98 Å². The molecule has 0 amide bonds. The third-order valence-electron chi connectivity index (χ3n) is 3.19. The van der Waals surface area contributed by atoms with Crippen LogP contribution in [-0.2, 0) is 4.79 Å². The van der Waals surface area contributed by atoms with E-state index in [2.05, 4.69) is 29.1 Å². The number of rotatable bonds is 10. The van der Waals surface area contributed by atoms with Crippen molar-refractivity contribution in [3.05, 3.63) is 12.4 Å². The van der Waals surface area contributed by atoms with E-state index in [4.69, 9.17) is 9.84 Å². The van der Waals surface area contributed by atoms with Gasteiger partial charge in [-0.05, 0) is 24.7 Å². The van der Waals surface area contributed by atoms with Gasteiger partial charge >= 0.3 is 5.97 Å². The van der Waals surface area contributed by atoms with Crippen LogP contribution in [0.5, 0.6) is 5.88 Å². The van der Waals surface area contributed by atoms with Gasteiger partial charge in [-0.25, -0.2) is 0 Å². The van der Waals surface area contributed by atoms with E-state index < -0.39 is 5.97 Å². The lowest BCUT2D eigenvalue weighted by atomic mass is 9.84. The molecule has 0 atom stereocenters. The van der Waals surface area contributed by atoms with Crippen LogP contribution in [0.3, 0.4) is 0 Å². The number of nitrogens with one attached hydrogen (secondary N) is 1. The third-order valence-corrected chi connectivity index (χ3v) is 3.19. The Hall–Kier alpha value is -1.85. The minimum atomic E-state index is -0.748. The zero-order chi connectivity index (χ0) is 15.7. The van der Waals surface area contributed by atoms with Crippen molar-refractivity contribution >= 4 is 11.8 Å². The molecule has 6 heteroatoms. The summed E-state index contributed by atoms with van der Waals surface area (Å²) >= 11 is 0. The number of anilines is 1. The van der Waals surface area contributed by atoms with Crippen molar-refractivity contribution in [3.8, 4) is 5.88 Å². The quantitative estimate of drug-likeness (QED) is 0.690. The number of aromatic nitrogens is 2. The third kappa shape index (κ3) is 7.48. The Morgan fingerprint density at radius 1 is 1.38 bits per heavy atom. The van der Waals surface area contributed by atoms with E-state index in [1.54, 1.807) is 12.4 Å². The van der Waals surface area contributed by atoms with Crippen LogP contribution in [0.1, 0.15) is 46.5 Å². The van der Waals surface area contributed by atoms with Gasteiger partial charge in [-0.1, -0.05) is 20.8 Å². The van der Waals surface area contributed by atoms with Crippen molar-refractivity contribution in [1.29, 1.82) is 0 Å². The molecular formula is C15H25N3O3. The minimum Gasteiger partial charge on any atom is -0.481 e. The van der Waals surface area contributed by atoms with Gasteiger partial charge in [0.25, 0.3) is 0 Å². The molecule has 0 bridgehead atoms. The molecule has 0 saturated heterocycles. The van der Waals surface area contributed by atoms with Gasteiger partial charge in [0, 0.05) is 13.0 Å². The molecule has 0 aliphatic carbocycles. The molecule has 1 aromatic rings. The number of ether oxygens (including phenoxy) is 1. The smallest absolute Gasteiger partial charge is 0.303 e. The van der Waals surface area contributed by atoms with Crippen LogP contribution in [0.15, 0.2) is 12.4 Å². The summed E-state index contributed by atoms with van der Waals surface area (Å²) in [5.41, 5.74) is -0.0187. The largest absolute Gasteiger partial charge is 0.481 e. The summed E-state index contributed by atoms with van der Waals surface area (Å²) in [5, 5.41) is 11.9. The van der Waals surface area contributed by atoms with Crippen LogP contribution in [0.25, 0.3) is 0 Å². The average Bonchev–Trinajstić information content (AvgIpc) is 2.43. The van der Waals surface area contributed by atoms with Crippen LogP contribution < -0.4 is 10.1 Å². The summed E-state index contributed by atoms with van der Waals surface area (Å²) in [6.07, 6.45) is 5.91. The topological polar surface area (TPSA) is 84.3 Å². The Balaban J connectivity index is 2.39. The van der Waals surface area contributed by atoms with E-state index in [-0.39, 0.29) is 11.8 Å². The molecule has 1 heterocycles. The van der Waals surface area contributed by atoms with Crippen LogP contribution >= 0.6 is 0 Å². The van der Waals surface area contributed by atoms with Gasteiger partial charge in [0.2, 0.25) is 5.88 Å². The molecule has 0 spiro atoms. The molecule has 21 heavy (non-hydrogen) atoms. The standard InChI is InChI=1S/C15H25N3O3/c1-4-9-21-13-11-16-10-12(18-13)17-8-7-15(2,3)6-5-14(19)20/h10-11H,4-9H2,1-3H3,(H,17,18)(H,19,20). The molecular weight excluding hydrogens is 270 g/mol. The Morgan fingerprint density at radius 3 is 2.81 bits per heavy atom. The highest BCUT2D eigenvalue weighted by atomic mass is 16.5. The van der Waals surface area contributed by atoms with Crippen molar-refractivity contribution in [3.63, 3.8) is 0 Å². The molecule has 118 valence electrons. The summed E-state index contributed by atoms with van der Waals surface area (Å²) in [5.74, 6) is 0.451. The highest BCUT2D eigenvalue weighted by Crippen LogP contribution is 2.26. The van der Waals surface area contributed by atoms with E-state index in [1.807, 2.05) is 6.92 Å². The molecule has 0 aromatic carbocycles. The predicted molar refractivity (Wildman–Crippen MR) is 81.6 cm³/mol. The lowest BCUT2D eigenvalue weighted by Gasteiger charge is -2.23. The number of carbonyl (C=O) groups is 1. The Labute approximate surface area is 126 Å². The fourth-order valence-corrected chi connectivity index (χ4v) is 1.81. The first-order valence-corrected chi connectivity index (χ1v) is 7.33. The van der Waals surface area contributed by atoms with E-state index in [1.165, 1.54) is 0 Å². The molecule has 0 aliphatic rings. The highest BCUT2D eigenvalue weighted by Gasteiger charge is 2.18. The molecule has 0 unspecified atom stereocenters. The number of hydrogen-bond donors (Lipinski definition) is 2.